The molecule has 23 heavy (non-hydrogen) atoms. The summed E-state index contributed by atoms with van der Waals surface area (Å²) in [5.41, 5.74) is 0. The quantitative estimate of drug-likeness (QED) is 0.796. The number of rotatable bonds is 5. The smallest absolute Gasteiger partial charge is 0.236 e. The van der Waals surface area contributed by atoms with Gasteiger partial charge in [0, 0.05) is 26.2 Å². The van der Waals surface area contributed by atoms with E-state index in [0.29, 0.717) is 19.1 Å². The lowest BCUT2D eigenvalue weighted by atomic mass is 9.98. The lowest BCUT2D eigenvalue weighted by Gasteiger charge is -2.36. The number of carbonyl (C=O) groups is 1. The molecule has 3 heterocycles. The Bertz CT molecular complexity index is 493. The summed E-state index contributed by atoms with van der Waals surface area (Å²) in [5, 5.41) is 4.19. The van der Waals surface area contributed by atoms with Crippen molar-refractivity contribution < 1.29 is 9.53 Å². The van der Waals surface area contributed by atoms with Crippen LogP contribution in [0, 0.1) is 5.92 Å². The first kappa shape index (κ1) is 16.4. The maximum Gasteiger partial charge on any atom is 0.236 e. The molecule has 3 rings (SSSR count). The van der Waals surface area contributed by atoms with Crippen molar-refractivity contribution in [3.63, 3.8) is 0 Å². The average Bonchev–Trinajstić information content (AvgIpc) is 3.08. The molecule has 0 saturated carbocycles. The Morgan fingerprint density at radius 3 is 3.04 bits per heavy atom. The maximum atomic E-state index is 12.6. The molecular weight excluding hydrogens is 294 g/mol. The Hall–Kier alpha value is -1.47. The van der Waals surface area contributed by atoms with E-state index in [1.807, 2.05) is 9.58 Å². The maximum absolute atomic E-state index is 12.6. The van der Waals surface area contributed by atoms with Gasteiger partial charge in [0.1, 0.15) is 12.7 Å². The van der Waals surface area contributed by atoms with E-state index < -0.39 is 0 Å². The van der Waals surface area contributed by atoms with Crippen molar-refractivity contribution in [1.82, 2.24) is 24.6 Å². The van der Waals surface area contributed by atoms with Crippen LogP contribution in [0.5, 0.6) is 0 Å². The van der Waals surface area contributed by atoms with Gasteiger partial charge in [0.2, 0.25) is 5.91 Å². The molecule has 2 aliphatic rings. The molecule has 7 nitrogen and oxygen atoms in total. The minimum Gasteiger partial charge on any atom is -0.375 e. The van der Waals surface area contributed by atoms with Gasteiger partial charge in [-0.1, -0.05) is 6.92 Å². The van der Waals surface area contributed by atoms with Crippen molar-refractivity contribution in [3.8, 4) is 0 Å². The van der Waals surface area contributed by atoms with Crippen LogP contribution in [0.2, 0.25) is 0 Å². The summed E-state index contributed by atoms with van der Waals surface area (Å²) in [4.78, 5) is 20.8. The number of likely N-dealkylation sites (tertiary alicyclic amines) is 1. The van der Waals surface area contributed by atoms with Crippen LogP contribution in [0.4, 0.5) is 0 Å². The zero-order valence-electron chi connectivity index (χ0n) is 13.9. The lowest BCUT2D eigenvalue weighted by Crippen LogP contribution is -2.50. The first-order chi connectivity index (χ1) is 11.2. The molecule has 0 bridgehead atoms. The highest BCUT2D eigenvalue weighted by Gasteiger charge is 2.27. The molecule has 7 heteroatoms. The van der Waals surface area contributed by atoms with Gasteiger partial charge in [-0.25, -0.2) is 4.98 Å². The van der Waals surface area contributed by atoms with Crippen LogP contribution >= 0.6 is 0 Å². The number of aromatic nitrogens is 3. The Morgan fingerprint density at radius 2 is 2.26 bits per heavy atom. The molecule has 1 aromatic heterocycles. The van der Waals surface area contributed by atoms with Gasteiger partial charge in [-0.2, -0.15) is 5.10 Å². The van der Waals surface area contributed by atoms with Crippen LogP contribution in [0.15, 0.2) is 12.7 Å². The molecule has 1 amide bonds. The van der Waals surface area contributed by atoms with Crippen LogP contribution in [0.25, 0.3) is 0 Å². The van der Waals surface area contributed by atoms with Crippen molar-refractivity contribution in [1.29, 1.82) is 0 Å². The fourth-order valence-corrected chi connectivity index (χ4v) is 3.52. The van der Waals surface area contributed by atoms with Gasteiger partial charge < -0.3 is 9.64 Å². The zero-order chi connectivity index (χ0) is 16.1. The molecule has 0 radical (unpaired) electrons. The summed E-state index contributed by atoms with van der Waals surface area (Å²) >= 11 is 0. The van der Waals surface area contributed by atoms with Crippen molar-refractivity contribution in [2.24, 2.45) is 5.92 Å². The van der Waals surface area contributed by atoms with Gasteiger partial charge in [-0.05, 0) is 31.7 Å². The molecule has 2 atom stereocenters. The fraction of sp³-hybridized carbons (Fsp3) is 0.812. The van der Waals surface area contributed by atoms with E-state index in [2.05, 4.69) is 21.9 Å². The van der Waals surface area contributed by atoms with E-state index in [1.54, 1.807) is 12.7 Å². The number of ether oxygens (including phenoxy) is 1. The Kier molecular flexibility index (Phi) is 5.61. The molecule has 0 N–H and O–H groups in total. The highest BCUT2D eigenvalue weighted by Crippen LogP contribution is 2.18. The van der Waals surface area contributed by atoms with Crippen LogP contribution in [0.1, 0.15) is 26.2 Å². The van der Waals surface area contributed by atoms with Gasteiger partial charge in [0.05, 0.1) is 19.3 Å². The predicted molar refractivity (Wildman–Crippen MR) is 85.8 cm³/mol. The molecule has 128 valence electrons. The van der Waals surface area contributed by atoms with Gasteiger partial charge >= 0.3 is 0 Å². The monoisotopic (exact) mass is 321 g/mol. The Morgan fingerprint density at radius 1 is 1.35 bits per heavy atom. The molecule has 0 spiro atoms. The van der Waals surface area contributed by atoms with Crippen molar-refractivity contribution in [3.05, 3.63) is 12.7 Å². The average molecular weight is 321 g/mol. The van der Waals surface area contributed by atoms with Crippen molar-refractivity contribution in [2.75, 3.05) is 39.3 Å². The second-order valence-corrected chi connectivity index (χ2v) is 6.60. The normalized spacial score (nSPS) is 26.4. The lowest BCUT2D eigenvalue weighted by molar-refractivity contribution is -0.140. The van der Waals surface area contributed by atoms with E-state index in [1.165, 1.54) is 6.42 Å². The second kappa shape index (κ2) is 7.88. The van der Waals surface area contributed by atoms with Gasteiger partial charge in [-0.3, -0.25) is 14.4 Å². The Balaban J connectivity index is 1.48. The van der Waals surface area contributed by atoms with E-state index >= 15 is 0 Å². The summed E-state index contributed by atoms with van der Waals surface area (Å²) in [7, 11) is 0. The first-order valence-electron chi connectivity index (χ1n) is 8.68. The molecule has 2 fully saturated rings. The summed E-state index contributed by atoms with van der Waals surface area (Å²) in [6.07, 6.45) is 6.85. The minimum absolute atomic E-state index is 0.203. The SMILES string of the molecule is CCC1CN(C(=O)CN2CCCC(Cn3cncn3)C2)CCO1. The molecule has 2 unspecified atom stereocenters. The third-order valence-electron chi connectivity index (χ3n) is 4.82. The van der Waals surface area contributed by atoms with Crippen molar-refractivity contribution in [2.45, 2.75) is 38.8 Å². The third-order valence-corrected chi connectivity index (χ3v) is 4.82. The Labute approximate surface area is 137 Å². The summed E-state index contributed by atoms with van der Waals surface area (Å²) in [6, 6.07) is 0. The molecule has 2 saturated heterocycles. The number of morpholine rings is 1. The van der Waals surface area contributed by atoms with Crippen LogP contribution in [-0.4, -0.2) is 75.9 Å². The minimum atomic E-state index is 0.203. The molecule has 0 aliphatic carbocycles. The number of hydrogen-bond donors (Lipinski definition) is 0. The zero-order valence-corrected chi connectivity index (χ0v) is 13.9. The largest absolute Gasteiger partial charge is 0.375 e. The van der Waals surface area contributed by atoms with E-state index in [4.69, 9.17) is 4.74 Å². The number of piperidine rings is 1. The van der Waals surface area contributed by atoms with Gasteiger partial charge in [0.15, 0.2) is 0 Å². The highest BCUT2D eigenvalue weighted by molar-refractivity contribution is 5.78. The number of carbonyl (C=O) groups excluding carboxylic acids is 1. The number of hydrogen-bond acceptors (Lipinski definition) is 5. The molecule has 2 aliphatic heterocycles. The first-order valence-corrected chi connectivity index (χ1v) is 8.68. The van der Waals surface area contributed by atoms with Gasteiger partial charge in [0.25, 0.3) is 0 Å². The summed E-state index contributed by atoms with van der Waals surface area (Å²) in [6.45, 7) is 7.65. The molecule has 1 aromatic rings. The summed E-state index contributed by atoms with van der Waals surface area (Å²) in [5.74, 6) is 0.791. The van der Waals surface area contributed by atoms with E-state index in [-0.39, 0.29) is 12.0 Å². The topological polar surface area (TPSA) is 63.5 Å². The van der Waals surface area contributed by atoms with Crippen LogP contribution in [-0.2, 0) is 16.1 Å². The fourth-order valence-electron chi connectivity index (χ4n) is 3.52. The highest BCUT2D eigenvalue weighted by atomic mass is 16.5. The summed E-state index contributed by atoms with van der Waals surface area (Å²) < 4.78 is 7.54. The van der Waals surface area contributed by atoms with Crippen LogP contribution in [0.3, 0.4) is 0 Å². The third kappa shape index (κ3) is 4.51. The molecule has 0 aromatic carbocycles. The number of nitrogens with zero attached hydrogens (tertiary/aromatic N) is 5. The predicted octanol–water partition coefficient (Wildman–Crippen LogP) is 0.627. The standard InChI is InChI=1S/C16H27N5O2/c1-2-15-10-20(6-7-23-15)16(22)11-19-5-3-4-14(8-19)9-21-13-17-12-18-21/h12-15H,2-11H2,1H3. The number of amides is 1. The van der Waals surface area contributed by atoms with E-state index in [0.717, 1.165) is 45.6 Å². The van der Waals surface area contributed by atoms with Crippen LogP contribution < -0.4 is 0 Å². The van der Waals surface area contributed by atoms with Gasteiger partial charge in [-0.15, -0.1) is 0 Å². The van der Waals surface area contributed by atoms with Crippen molar-refractivity contribution >= 4 is 5.91 Å². The second-order valence-electron chi connectivity index (χ2n) is 6.60. The molecular formula is C16H27N5O2. The van der Waals surface area contributed by atoms with E-state index in [9.17, 15) is 4.79 Å².